The molecular formula is C10H12N2O4S. The summed E-state index contributed by atoms with van der Waals surface area (Å²) < 4.78 is 22.5. The molecule has 0 spiro atoms. The quantitative estimate of drug-likeness (QED) is 0.648. The molecule has 0 radical (unpaired) electrons. The summed E-state index contributed by atoms with van der Waals surface area (Å²) in [7, 11) is -2.94. The van der Waals surface area contributed by atoms with Crippen LogP contribution >= 0.6 is 0 Å². The van der Waals surface area contributed by atoms with E-state index >= 15 is 0 Å². The predicted molar refractivity (Wildman–Crippen MR) is 63.8 cm³/mol. The van der Waals surface area contributed by atoms with E-state index in [0.717, 1.165) is 0 Å². The summed E-state index contributed by atoms with van der Waals surface area (Å²) in [5, 5.41) is 13.6. The van der Waals surface area contributed by atoms with Gasteiger partial charge in [0.2, 0.25) is 0 Å². The van der Waals surface area contributed by atoms with Gasteiger partial charge in [0.1, 0.15) is 0 Å². The zero-order valence-electron chi connectivity index (χ0n) is 9.00. The van der Waals surface area contributed by atoms with E-state index < -0.39 is 14.8 Å². The Morgan fingerprint density at radius 3 is 2.76 bits per heavy atom. The van der Waals surface area contributed by atoms with Crippen molar-refractivity contribution in [3.8, 4) is 0 Å². The molecule has 17 heavy (non-hydrogen) atoms. The fraction of sp³-hybridized carbons (Fsp3) is 0.400. The summed E-state index contributed by atoms with van der Waals surface area (Å²) in [5.41, 5.74) is 0.581. The summed E-state index contributed by atoms with van der Waals surface area (Å²) in [6, 6.07) is 5.92. The van der Waals surface area contributed by atoms with E-state index in [1.807, 2.05) is 0 Å². The van der Waals surface area contributed by atoms with Gasteiger partial charge in [-0.1, -0.05) is 6.07 Å². The lowest BCUT2D eigenvalue weighted by molar-refractivity contribution is -0.384. The topological polar surface area (TPSA) is 89.3 Å². The van der Waals surface area contributed by atoms with E-state index in [9.17, 15) is 18.5 Å². The van der Waals surface area contributed by atoms with E-state index in [1.54, 1.807) is 12.1 Å². The van der Waals surface area contributed by atoms with Crippen molar-refractivity contribution < 1.29 is 13.3 Å². The number of rotatable bonds is 3. The molecule has 1 heterocycles. The average Bonchev–Trinajstić information content (AvgIpc) is 2.58. The molecule has 1 fully saturated rings. The second-order valence-corrected chi connectivity index (χ2v) is 6.28. The molecule has 1 aliphatic heterocycles. The zero-order chi connectivity index (χ0) is 12.5. The zero-order valence-corrected chi connectivity index (χ0v) is 9.81. The first-order chi connectivity index (χ1) is 7.96. The fourth-order valence-corrected chi connectivity index (χ4v) is 3.53. The Hall–Kier alpha value is -1.63. The highest BCUT2D eigenvalue weighted by Gasteiger charge is 2.27. The van der Waals surface area contributed by atoms with Gasteiger partial charge in [0.15, 0.2) is 9.84 Å². The summed E-state index contributed by atoms with van der Waals surface area (Å²) in [5.74, 6) is 0.273. The molecule has 0 amide bonds. The van der Waals surface area contributed by atoms with E-state index in [1.165, 1.54) is 12.1 Å². The molecule has 1 unspecified atom stereocenters. The highest BCUT2D eigenvalue weighted by Crippen LogP contribution is 2.21. The van der Waals surface area contributed by atoms with Gasteiger partial charge in [0.05, 0.1) is 16.4 Å². The van der Waals surface area contributed by atoms with Crippen LogP contribution in [0.1, 0.15) is 6.42 Å². The maximum atomic E-state index is 11.3. The van der Waals surface area contributed by atoms with Gasteiger partial charge in [0, 0.05) is 23.9 Å². The number of sulfone groups is 1. The summed E-state index contributed by atoms with van der Waals surface area (Å²) in [4.78, 5) is 10.1. The van der Waals surface area contributed by atoms with Gasteiger partial charge < -0.3 is 5.32 Å². The lowest BCUT2D eigenvalue weighted by Gasteiger charge is -2.11. The van der Waals surface area contributed by atoms with Crippen LogP contribution in [0.3, 0.4) is 0 Å². The van der Waals surface area contributed by atoms with Crippen LogP contribution in [0.25, 0.3) is 0 Å². The number of anilines is 1. The highest BCUT2D eigenvalue weighted by atomic mass is 32.2. The number of nitro benzene ring substituents is 1. The summed E-state index contributed by atoms with van der Waals surface area (Å²) in [6.07, 6.45) is 0.547. The van der Waals surface area contributed by atoms with E-state index in [4.69, 9.17) is 0 Å². The fourth-order valence-electron chi connectivity index (χ4n) is 1.85. The van der Waals surface area contributed by atoms with Crippen LogP contribution in [-0.2, 0) is 9.84 Å². The van der Waals surface area contributed by atoms with Gasteiger partial charge in [-0.05, 0) is 12.5 Å². The van der Waals surface area contributed by atoms with Gasteiger partial charge in [0.25, 0.3) is 5.69 Å². The van der Waals surface area contributed by atoms with Crippen molar-refractivity contribution in [1.29, 1.82) is 0 Å². The molecular weight excluding hydrogens is 244 g/mol. The number of hydrogen-bond donors (Lipinski definition) is 1. The van der Waals surface area contributed by atoms with Gasteiger partial charge in [-0.2, -0.15) is 0 Å². The monoisotopic (exact) mass is 256 g/mol. The third kappa shape index (κ3) is 2.94. The van der Waals surface area contributed by atoms with Crippen LogP contribution in [0.2, 0.25) is 0 Å². The van der Waals surface area contributed by atoms with E-state index in [-0.39, 0.29) is 23.2 Å². The standard InChI is InChI=1S/C10H12N2O4S/c13-12(14)10-3-1-2-8(6-10)11-9-4-5-17(15,16)7-9/h1-3,6,9,11H,4-5,7H2. The Labute approximate surface area is 98.7 Å². The first-order valence-electron chi connectivity index (χ1n) is 5.18. The Morgan fingerprint density at radius 2 is 2.18 bits per heavy atom. The molecule has 7 heteroatoms. The van der Waals surface area contributed by atoms with Crippen LogP contribution < -0.4 is 5.32 Å². The Balaban J connectivity index is 2.09. The van der Waals surface area contributed by atoms with Crippen molar-refractivity contribution in [2.45, 2.75) is 12.5 Å². The third-order valence-electron chi connectivity index (χ3n) is 2.66. The van der Waals surface area contributed by atoms with Gasteiger partial charge in [-0.25, -0.2) is 8.42 Å². The molecule has 92 valence electrons. The van der Waals surface area contributed by atoms with Gasteiger partial charge in [-0.15, -0.1) is 0 Å². The van der Waals surface area contributed by atoms with Crippen LogP contribution in [0.15, 0.2) is 24.3 Å². The first-order valence-corrected chi connectivity index (χ1v) is 7.00. The van der Waals surface area contributed by atoms with E-state index in [2.05, 4.69) is 5.32 Å². The number of nitrogens with one attached hydrogen (secondary N) is 1. The minimum absolute atomic E-state index is 0.00384. The largest absolute Gasteiger partial charge is 0.381 e. The molecule has 1 aromatic rings. The maximum Gasteiger partial charge on any atom is 0.271 e. The molecule has 1 atom stereocenters. The van der Waals surface area contributed by atoms with Gasteiger partial charge in [-0.3, -0.25) is 10.1 Å². The Bertz CT molecular complexity index is 541. The van der Waals surface area contributed by atoms with Gasteiger partial charge >= 0.3 is 0 Å². The minimum Gasteiger partial charge on any atom is -0.381 e. The van der Waals surface area contributed by atoms with Crippen molar-refractivity contribution >= 4 is 21.2 Å². The Morgan fingerprint density at radius 1 is 1.41 bits per heavy atom. The maximum absolute atomic E-state index is 11.3. The van der Waals surface area contributed by atoms with Crippen molar-refractivity contribution in [3.63, 3.8) is 0 Å². The number of non-ortho nitro benzene ring substituents is 1. The van der Waals surface area contributed by atoms with Crippen molar-refractivity contribution in [3.05, 3.63) is 34.4 Å². The van der Waals surface area contributed by atoms with E-state index in [0.29, 0.717) is 12.1 Å². The first kappa shape index (κ1) is 11.8. The second kappa shape index (κ2) is 4.33. The van der Waals surface area contributed by atoms with Crippen LogP contribution in [-0.4, -0.2) is 30.9 Å². The second-order valence-electron chi connectivity index (χ2n) is 4.05. The highest BCUT2D eigenvalue weighted by molar-refractivity contribution is 7.91. The van der Waals surface area contributed by atoms with Crippen LogP contribution in [0.4, 0.5) is 11.4 Å². The third-order valence-corrected chi connectivity index (χ3v) is 4.43. The number of nitro groups is 1. The van der Waals surface area contributed by atoms with Crippen LogP contribution in [0.5, 0.6) is 0 Å². The normalized spacial score (nSPS) is 22.2. The molecule has 1 aromatic carbocycles. The lowest BCUT2D eigenvalue weighted by atomic mass is 10.2. The van der Waals surface area contributed by atoms with Crippen molar-refractivity contribution in [2.24, 2.45) is 0 Å². The molecule has 2 rings (SSSR count). The van der Waals surface area contributed by atoms with Crippen LogP contribution in [0, 0.1) is 10.1 Å². The number of benzene rings is 1. The lowest BCUT2D eigenvalue weighted by Crippen LogP contribution is -2.20. The molecule has 1 saturated heterocycles. The minimum atomic E-state index is -2.94. The average molecular weight is 256 g/mol. The van der Waals surface area contributed by atoms with Crippen molar-refractivity contribution in [2.75, 3.05) is 16.8 Å². The predicted octanol–water partition coefficient (Wildman–Crippen LogP) is 1.19. The molecule has 1 N–H and O–H groups in total. The molecule has 6 nitrogen and oxygen atoms in total. The SMILES string of the molecule is O=[N+]([O-])c1cccc(NC2CCS(=O)(=O)C2)c1. The smallest absolute Gasteiger partial charge is 0.271 e. The molecule has 0 bridgehead atoms. The molecule has 1 aliphatic rings. The molecule has 0 saturated carbocycles. The number of hydrogen-bond acceptors (Lipinski definition) is 5. The Kier molecular flexibility index (Phi) is 3.01. The molecule has 0 aromatic heterocycles. The van der Waals surface area contributed by atoms with Crippen molar-refractivity contribution in [1.82, 2.24) is 0 Å². The summed E-state index contributed by atoms with van der Waals surface area (Å²) in [6.45, 7) is 0. The summed E-state index contributed by atoms with van der Waals surface area (Å²) >= 11 is 0. The number of nitrogens with zero attached hydrogens (tertiary/aromatic N) is 1. The molecule has 0 aliphatic carbocycles.